The van der Waals surface area contributed by atoms with Crippen LogP contribution in [0.3, 0.4) is 0 Å². The number of hydrogen-bond donors (Lipinski definition) is 0. The molecule has 2 aliphatic rings. The molecule has 2 aliphatic heterocycles. The van der Waals surface area contributed by atoms with Gasteiger partial charge in [-0.1, -0.05) is 18.2 Å². The van der Waals surface area contributed by atoms with E-state index >= 15 is 0 Å². The van der Waals surface area contributed by atoms with Crippen LogP contribution in [-0.2, 0) is 25.0 Å². The summed E-state index contributed by atoms with van der Waals surface area (Å²) in [6.07, 6.45) is 4.25. The van der Waals surface area contributed by atoms with E-state index in [2.05, 4.69) is 20.9 Å². The third-order valence-electron chi connectivity index (χ3n) is 5.92. The van der Waals surface area contributed by atoms with Gasteiger partial charge < -0.3 is 9.64 Å². The normalized spacial score (nSPS) is 18.6. The van der Waals surface area contributed by atoms with Crippen molar-refractivity contribution in [2.24, 2.45) is 0 Å². The summed E-state index contributed by atoms with van der Waals surface area (Å²) in [4.78, 5) is 19.5. The number of fused-ring (bicyclic) bond motifs is 4. The van der Waals surface area contributed by atoms with Gasteiger partial charge in [0.25, 0.3) is 10.0 Å². The highest BCUT2D eigenvalue weighted by Gasteiger charge is 2.52. The summed E-state index contributed by atoms with van der Waals surface area (Å²) in [5, 5.41) is 0.668. The topological polar surface area (TPSA) is 81.5 Å². The molecule has 9 heteroatoms. The second kappa shape index (κ2) is 6.38. The maximum atomic E-state index is 13.3. The summed E-state index contributed by atoms with van der Waals surface area (Å²) >= 11 is 3.54. The Balaban J connectivity index is 1.81. The SMILES string of the molecule is CN1C(=O)C2(CCOCC2)c2c1cnc1c2c(Br)cn1S(=O)(=O)c1ccccc1. The lowest BCUT2D eigenvalue weighted by Crippen LogP contribution is -2.43. The molecule has 5 rings (SSSR count). The molecule has 150 valence electrons. The Labute approximate surface area is 176 Å². The minimum absolute atomic E-state index is 0.00988. The minimum Gasteiger partial charge on any atom is -0.381 e. The molecular formula is C20H18BrN3O4S. The highest BCUT2D eigenvalue weighted by molar-refractivity contribution is 9.10. The van der Waals surface area contributed by atoms with E-state index in [1.165, 1.54) is 10.2 Å². The molecule has 1 fully saturated rings. The monoisotopic (exact) mass is 475 g/mol. The number of nitrogens with zero attached hydrogens (tertiary/aromatic N) is 3. The van der Waals surface area contributed by atoms with Crippen molar-refractivity contribution in [2.45, 2.75) is 23.2 Å². The zero-order valence-corrected chi connectivity index (χ0v) is 18.0. The largest absolute Gasteiger partial charge is 0.381 e. The second-order valence-electron chi connectivity index (χ2n) is 7.37. The summed E-state index contributed by atoms with van der Waals surface area (Å²) in [5.74, 6) is 0.00988. The molecule has 2 aromatic heterocycles. The van der Waals surface area contributed by atoms with Crippen molar-refractivity contribution in [1.29, 1.82) is 0 Å². The molecule has 7 nitrogen and oxygen atoms in total. The van der Waals surface area contributed by atoms with Gasteiger partial charge in [-0.25, -0.2) is 17.4 Å². The predicted molar refractivity (Wildman–Crippen MR) is 112 cm³/mol. The molecule has 3 aromatic rings. The molecule has 0 aliphatic carbocycles. The lowest BCUT2D eigenvalue weighted by atomic mass is 9.74. The van der Waals surface area contributed by atoms with Crippen molar-refractivity contribution in [3.8, 4) is 0 Å². The highest BCUT2D eigenvalue weighted by atomic mass is 79.9. The fourth-order valence-electron chi connectivity index (χ4n) is 4.46. The van der Waals surface area contributed by atoms with Gasteiger partial charge in [0.2, 0.25) is 5.91 Å². The average molecular weight is 476 g/mol. The van der Waals surface area contributed by atoms with Gasteiger partial charge in [0.15, 0.2) is 5.65 Å². The van der Waals surface area contributed by atoms with Crippen LogP contribution in [0.15, 0.2) is 52.1 Å². The molecular weight excluding hydrogens is 458 g/mol. The van der Waals surface area contributed by atoms with Crippen molar-refractivity contribution in [3.05, 3.63) is 52.8 Å². The van der Waals surface area contributed by atoms with E-state index in [1.54, 1.807) is 48.5 Å². The number of anilines is 1. The highest BCUT2D eigenvalue weighted by Crippen LogP contribution is 2.51. The number of pyridine rings is 1. The number of carbonyl (C=O) groups excluding carboxylic acids is 1. The van der Waals surface area contributed by atoms with E-state index in [0.717, 1.165) is 11.3 Å². The molecule has 1 spiro atoms. The molecule has 0 bridgehead atoms. The van der Waals surface area contributed by atoms with E-state index in [1.807, 2.05) is 0 Å². The molecule has 0 saturated carbocycles. The first kappa shape index (κ1) is 18.8. The van der Waals surface area contributed by atoms with Crippen LogP contribution in [0.1, 0.15) is 18.4 Å². The van der Waals surface area contributed by atoms with Crippen LogP contribution in [-0.4, -0.2) is 43.5 Å². The summed E-state index contributed by atoms with van der Waals surface area (Å²) in [6, 6.07) is 8.25. The molecule has 0 atom stereocenters. The maximum Gasteiger partial charge on any atom is 0.269 e. The Bertz CT molecular complexity index is 1250. The quantitative estimate of drug-likeness (QED) is 0.568. The Morgan fingerprint density at radius 1 is 1.17 bits per heavy atom. The fourth-order valence-corrected chi connectivity index (χ4v) is 6.52. The number of carbonyl (C=O) groups is 1. The third kappa shape index (κ3) is 2.47. The summed E-state index contributed by atoms with van der Waals surface area (Å²) < 4.78 is 33.8. The first-order valence-electron chi connectivity index (χ1n) is 9.24. The van der Waals surface area contributed by atoms with E-state index in [-0.39, 0.29) is 10.8 Å². The van der Waals surface area contributed by atoms with E-state index in [4.69, 9.17) is 4.74 Å². The molecule has 4 heterocycles. The summed E-state index contributed by atoms with van der Waals surface area (Å²) in [7, 11) is -2.09. The minimum atomic E-state index is -3.83. The standard InChI is InChI=1S/C20H18BrN3O4S/c1-23-15-11-22-18-16(17(15)20(19(23)25)7-9-28-10-8-20)14(21)12-24(18)29(26,27)13-5-3-2-4-6-13/h2-6,11-12H,7-10H2,1H3. The van der Waals surface area contributed by atoms with E-state index < -0.39 is 15.4 Å². The van der Waals surface area contributed by atoms with Gasteiger partial charge in [-0.3, -0.25) is 4.79 Å². The predicted octanol–water partition coefficient (Wildman–Crippen LogP) is 3.06. The number of benzene rings is 1. The zero-order valence-electron chi connectivity index (χ0n) is 15.6. The first-order valence-corrected chi connectivity index (χ1v) is 11.5. The van der Waals surface area contributed by atoms with Crippen LogP contribution in [0.25, 0.3) is 11.0 Å². The average Bonchev–Trinajstić information content (AvgIpc) is 3.19. The second-order valence-corrected chi connectivity index (χ2v) is 10.0. The number of amides is 1. The lowest BCUT2D eigenvalue weighted by molar-refractivity contribution is -0.126. The molecule has 0 unspecified atom stereocenters. The smallest absolute Gasteiger partial charge is 0.269 e. The van der Waals surface area contributed by atoms with Crippen molar-refractivity contribution >= 4 is 48.6 Å². The van der Waals surface area contributed by atoms with Gasteiger partial charge in [-0.05, 0) is 40.9 Å². The number of likely N-dealkylation sites (N-methyl/N-ethyl adjacent to an activating group) is 1. The Kier molecular flexibility index (Phi) is 4.13. The van der Waals surface area contributed by atoms with Crippen LogP contribution in [0.4, 0.5) is 5.69 Å². The third-order valence-corrected chi connectivity index (χ3v) is 8.18. The van der Waals surface area contributed by atoms with Gasteiger partial charge in [-0.15, -0.1) is 0 Å². The fraction of sp³-hybridized carbons (Fsp3) is 0.300. The van der Waals surface area contributed by atoms with Crippen LogP contribution in [0, 0.1) is 0 Å². The number of ether oxygens (including phenoxy) is 1. The van der Waals surface area contributed by atoms with Crippen molar-refractivity contribution in [1.82, 2.24) is 8.96 Å². The van der Waals surface area contributed by atoms with Gasteiger partial charge >= 0.3 is 0 Å². The van der Waals surface area contributed by atoms with Crippen molar-refractivity contribution < 1.29 is 17.9 Å². The summed E-state index contributed by atoms with van der Waals surface area (Å²) in [5.41, 5.74) is 1.16. The summed E-state index contributed by atoms with van der Waals surface area (Å²) in [6.45, 7) is 0.979. The van der Waals surface area contributed by atoms with Crippen molar-refractivity contribution in [2.75, 3.05) is 25.2 Å². The lowest BCUT2D eigenvalue weighted by Gasteiger charge is -2.32. The van der Waals surface area contributed by atoms with E-state index in [9.17, 15) is 13.2 Å². The Morgan fingerprint density at radius 3 is 2.55 bits per heavy atom. The zero-order chi connectivity index (χ0) is 20.4. The van der Waals surface area contributed by atoms with Gasteiger partial charge in [-0.2, -0.15) is 0 Å². The molecule has 1 saturated heterocycles. The number of aromatic nitrogens is 2. The van der Waals surface area contributed by atoms with Crippen LogP contribution in [0.5, 0.6) is 0 Å². The molecule has 1 aromatic carbocycles. The van der Waals surface area contributed by atoms with Gasteiger partial charge in [0, 0.05) is 41.9 Å². The molecule has 29 heavy (non-hydrogen) atoms. The van der Waals surface area contributed by atoms with Crippen molar-refractivity contribution in [3.63, 3.8) is 0 Å². The Hall–Kier alpha value is -2.23. The van der Waals surface area contributed by atoms with Crippen LogP contribution >= 0.6 is 15.9 Å². The maximum absolute atomic E-state index is 13.3. The van der Waals surface area contributed by atoms with Crippen LogP contribution in [0.2, 0.25) is 0 Å². The van der Waals surface area contributed by atoms with Crippen LogP contribution < -0.4 is 4.90 Å². The number of halogens is 1. The van der Waals surface area contributed by atoms with Gasteiger partial charge in [0.05, 0.1) is 22.2 Å². The van der Waals surface area contributed by atoms with Gasteiger partial charge in [0.1, 0.15) is 0 Å². The number of hydrogen-bond acceptors (Lipinski definition) is 5. The molecule has 1 amide bonds. The molecule has 0 radical (unpaired) electrons. The molecule has 0 N–H and O–H groups in total. The van der Waals surface area contributed by atoms with E-state index in [0.29, 0.717) is 41.6 Å². The first-order chi connectivity index (χ1) is 13.9. The number of rotatable bonds is 2. The Morgan fingerprint density at radius 2 is 1.86 bits per heavy atom.